The van der Waals surface area contributed by atoms with Crippen molar-refractivity contribution in [2.24, 2.45) is 5.73 Å². The van der Waals surface area contributed by atoms with Crippen LogP contribution in [0.15, 0.2) is 0 Å². The Bertz CT molecular complexity index is 2160. The van der Waals surface area contributed by atoms with Gasteiger partial charge in [-0.25, -0.2) is 4.79 Å². The number of carboxylic acid groups (broad SMARTS) is 2. The van der Waals surface area contributed by atoms with E-state index in [-0.39, 0.29) is 51.9 Å². The van der Waals surface area contributed by atoms with E-state index in [0.29, 0.717) is 32.1 Å². The van der Waals surface area contributed by atoms with Gasteiger partial charge in [-0.1, -0.05) is 0 Å². The van der Waals surface area contributed by atoms with Gasteiger partial charge in [0, 0.05) is 32.6 Å². The Morgan fingerprint density at radius 2 is 0.753 bits per heavy atom. The SMILES string of the molecule is C[C@H](N)C(=O)N[C@@H](C)C(=O)N1CCC[C@H]1C(=O)N[C@@H](C)C(=O)N[C@@H](C)C(=O)N1CCC[C@H]1C(=O)N[C@@H](C)C(=O)N[C@@H](C)C(=O)N1CCC[C@H]1C(=O)N1CCC[C@H]1C(=O)N[C@@H](C)C(=O)N[C@@H](CCC(=O)O)C(=O)O. The van der Waals surface area contributed by atoms with E-state index in [1.54, 1.807) is 0 Å². The van der Waals surface area contributed by atoms with E-state index in [4.69, 9.17) is 10.8 Å². The summed E-state index contributed by atoms with van der Waals surface area (Å²) in [5.74, 6) is -9.64. The number of carbonyl (C=O) groups excluding carboxylic acids is 11. The van der Waals surface area contributed by atoms with Crippen molar-refractivity contribution in [3.8, 4) is 0 Å². The number of amides is 11. The molecule has 4 heterocycles. The third-order valence-electron chi connectivity index (χ3n) is 13.5. The maximum absolute atomic E-state index is 13.9. The number of hydrogen-bond acceptors (Lipinski definition) is 14. The molecule has 0 bridgehead atoms. The van der Waals surface area contributed by atoms with Crippen molar-refractivity contribution in [2.45, 2.75) is 185 Å². The molecule has 0 aromatic carbocycles. The summed E-state index contributed by atoms with van der Waals surface area (Å²) in [7, 11) is 0. The van der Waals surface area contributed by atoms with E-state index < -0.39 is 156 Å². The lowest BCUT2D eigenvalue weighted by Gasteiger charge is -2.33. The zero-order chi connectivity index (χ0) is 54.6. The Morgan fingerprint density at radius 3 is 1.11 bits per heavy atom. The Labute approximate surface area is 422 Å². The molecule has 27 heteroatoms. The number of nitrogens with zero attached hydrogens (tertiary/aromatic N) is 4. The summed E-state index contributed by atoms with van der Waals surface area (Å²) in [5, 5.41) is 35.8. The van der Waals surface area contributed by atoms with Crippen LogP contribution in [0.2, 0.25) is 0 Å². The molecule has 4 aliphatic heterocycles. The summed E-state index contributed by atoms with van der Waals surface area (Å²) in [6.45, 7) is 10.7. The highest BCUT2D eigenvalue weighted by Gasteiger charge is 2.45. The molecule has 0 aromatic heterocycles. The Morgan fingerprint density at radius 1 is 0.438 bits per heavy atom. The van der Waals surface area contributed by atoms with Gasteiger partial charge in [-0.05, 0) is 106 Å². The Hall–Kier alpha value is -6.93. The van der Waals surface area contributed by atoms with Gasteiger partial charge < -0.3 is 72.8 Å². The van der Waals surface area contributed by atoms with Crippen LogP contribution < -0.4 is 43.0 Å². The maximum Gasteiger partial charge on any atom is 0.326 e. The first kappa shape index (κ1) is 58.6. The summed E-state index contributed by atoms with van der Waals surface area (Å²) in [6.07, 6.45) is 2.03. The van der Waals surface area contributed by atoms with Gasteiger partial charge in [0.05, 0.1) is 6.04 Å². The van der Waals surface area contributed by atoms with Gasteiger partial charge in [0.2, 0.25) is 65.0 Å². The van der Waals surface area contributed by atoms with Crippen molar-refractivity contribution < 1.29 is 72.5 Å². The molecule has 0 aromatic rings. The summed E-state index contributed by atoms with van der Waals surface area (Å²) >= 11 is 0. The summed E-state index contributed by atoms with van der Waals surface area (Å²) in [5.41, 5.74) is 5.59. The van der Waals surface area contributed by atoms with Crippen LogP contribution in [0.3, 0.4) is 0 Å². The molecule has 4 fully saturated rings. The molecule has 11 N–H and O–H groups in total. The fourth-order valence-corrected chi connectivity index (χ4v) is 9.29. The molecular formula is C46H72N12O15. The van der Waals surface area contributed by atoms with Crippen LogP contribution in [0.1, 0.15) is 113 Å². The fourth-order valence-electron chi connectivity index (χ4n) is 9.29. The average molecular weight is 1030 g/mol. The third-order valence-corrected chi connectivity index (χ3v) is 13.5. The smallest absolute Gasteiger partial charge is 0.326 e. The molecule has 0 radical (unpaired) electrons. The highest BCUT2D eigenvalue weighted by molar-refractivity contribution is 5.99. The van der Waals surface area contributed by atoms with Crippen LogP contribution in [0.25, 0.3) is 0 Å². The number of likely N-dealkylation sites (tertiary alicyclic amines) is 4. The van der Waals surface area contributed by atoms with Gasteiger partial charge in [0.1, 0.15) is 66.5 Å². The van der Waals surface area contributed by atoms with Crippen LogP contribution in [0.5, 0.6) is 0 Å². The van der Waals surface area contributed by atoms with Crippen LogP contribution in [-0.4, -0.2) is 205 Å². The first-order valence-corrected chi connectivity index (χ1v) is 24.8. The van der Waals surface area contributed by atoms with E-state index in [9.17, 15) is 67.4 Å². The fraction of sp³-hybridized carbons (Fsp3) is 0.717. The highest BCUT2D eigenvalue weighted by atomic mass is 16.4. The molecule has 11 amide bonds. The van der Waals surface area contributed by atoms with Crippen LogP contribution in [0, 0.1) is 0 Å². The molecule has 4 rings (SSSR count). The zero-order valence-corrected chi connectivity index (χ0v) is 42.4. The first-order chi connectivity index (χ1) is 34.2. The maximum atomic E-state index is 13.9. The molecule has 4 aliphatic rings. The van der Waals surface area contributed by atoms with E-state index in [1.807, 2.05) is 0 Å². The second-order valence-electron chi connectivity index (χ2n) is 19.3. The normalized spacial score (nSPS) is 22.8. The molecule has 12 atom stereocenters. The summed E-state index contributed by atoms with van der Waals surface area (Å²) in [6, 6.07) is -13.0. The van der Waals surface area contributed by atoms with Crippen molar-refractivity contribution in [3.05, 3.63) is 0 Å². The molecular weight excluding hydrogens is 961 g/mol. The van der Waals surface area contributed by atoms with Crippen molar-refractivity contribution >= 4 is 76.9 Å². The number of aliphatic carboxylic acids is 2. The summed E-state index contributed by atoms with van der Waals surface area (Å²) in [4.78, 5) is 174. The second-order valence-corrected chi connectivity index (χ2v) is 19.3. The van der Waals surface area contributed by atoms with Crippen molar-refractivity contribution in [1.29, 1.82) is 0 Å². The third kappa shape index (κ3) is 15.3. The predicted molar refractivity (Wildman–Crippen MR) is 255 cm³/mol. The van der Waals surface area contributed by atoms with E-state index in [1.165, 1.54) is 68.1 Å². The van der Waals surface area contributed by atoms with E-state index >= 15 is 0 Å². The number of hydrogen-bond donors (Lipinski definition) is 10. The molecule has 0 spiro atoms. The lowest BCUT2D eigenvalue weighted by molar-refractivity contribution is -0.148. The van der Waals surface area contributed by atoms with E-state index in [2.05, 4.69) is 37.2 Å². The van der Waals surface area contributed by atoms with Crippen LogP contribution in [0.4, 0.5) is 0 Å². The number of nitrogens with one attached hydrogen (secondary N) is 7. The number of nitrogens with two attached hydrogens (primary N) is 1. The minimum atomic E-state index is -1.51. The standard InChI is InChI=1S/C46H72N12O15/c1-22(47)35(61)51-26(5)42(68)55-18-8-12-30(55)39(65)48-23(2)36(62)52-27(6)43(69)56-19-9-13-31(56)40(66)49-24(3)37(63)53-28(7)44(70)58-21-11-15-33(58)45(71)57-20-10-14-32(57)41(67)50-25(4)38(64)54-29(46(72)73)16-17-34(59)60/h22-33H,8-21,47H2,1-7H3,(H,48,65)(H,49,66)(H,50,67)(H,51,61)(H,52,62)(H,53,63)(H,54,64)(H,59,60)(H,72,73)/t22-,23-,24-,25-,26-,27-,28-,29-,30-,31-,32-,33-/m0/s1. The van der Waals surface area contributed by atoms with Gasteiger partial charge >= 0.3 is 11.9 Å². The molecule has 0 aliphatic carbocycles. The Kier molecular flexibility index (Phi) is 21.0. The minimum Gasteiger partial charge on any atom is -0.481 e. The van der Waals surface area contributed by atoms with Crippen LogP contribution in [-0.2, 0) is 62.3 Å². The minimum absolute atomic E-state index is 0.172. The van der Waals surface area contributed by atoms with Gasteiger partial charge in [0.25, 0.3) is 0 Å². The molecule has 406 valence electrons. The molecule has 0 saturated carbocycles. The lowest BCUT2D eigenvalue weighted by atomic mass is 10.1. The van der Waals surface area contributed by atoms with Crippen molar-refractivity contribution in [3.63, 3.8) is 0 Å². The zero-order valence-electron chi connectivity index (χ0n) is 42.4. The molecule has 73 heavy (non-hydrogen) atoms. The first-order valence-electron chi connectivity index (χ1n) is 24.8. The topological polar surface area (TPSA) is 386 Å². The van der Waals surface area contributed by atoms with Gasteiger partial charge in [-0.3, -0.25) is 57.5 Å². The quantitative estimate of drug-likeness (QED) is 0.0491. The molecule has 27 nitrogen and oxygen atoms in total. The highest BCUT2D eigenvalue weighted by Crippen LogP contribution is 2.26. The predicted octanol–water partition coefficient (Wildman–Crippen LogP) is -4.24. The van der Waals surface area contributed by atoms with E-state index in [0.717, 1.165) is 0 Å². The number of rotatable bonds is 22. The van der Waals surface area contributed by atoms with Crippen LogP contribution >= 0.6 is 0 Å². The average Bonchev–Trinajstić information content (AvgIpc) is 4.19. The lowest BCUT2D eigenvalue weighted by Crippen LogP contribution is -2.59. The largest absolute Gasteiger partial charge is 0.481 e. The monoisotopic (exact) mass is 1030 g/mol. The number of carboxylic acids is 2. The van der Waals surface area contributed by atoms with Crippen molar-refractivity contribution in [2.75, 3.05) is 26.2 Å². The molecule has 4 saturated heterocycles. The summed E-state index contributed by atoms with van der Waals surface area (Å²) < 4.78 is 0. The number of carbonyl (C=O) groups is 13. The van der Waals surface area contributed by atoms with Gasteiger partial charge in [-0.15, -0.1) is 0 Å². The van der Waals surface area contributed by atoms with Gasteiger partial charge in [0.15, 0.2) is 0 Å². The molecule has 0 unspecified atom stereocenters. The van der Waals surface area contributed by atoms with Gasteiger partial charge in [-0.2, -0.15) is 0 Å². The Balaban J connectivity index is 1.26. The van der Waals surface area contributed by atoms with Crippen molar-refractivity contribution in [1.82, 2.24) is 56.8 Å². The second kappa shape index (κ2) is 26.1.